The first-order chi connectivity index (χ1) is 13.4. The second kappa shape index (κ2) is 7.86. The lowest BCUT2D eigenvalue weighted by Gasteiger charge is -2.31. The maximum atomic E-state index is 13.2. The predicted octanol–water partition coefficient (Wildman–Crippen LogP) is 3.49. The van der Waals surface area contributed by atoms with E-state index in [0.717, 1.165) is 16.2 Å². The molecule has 0 unspecified atom stereocenters. The summed E-state index contributed by atoms with van der Waals surface area (Å²) in [6.07, 6.45) is 1.28. The zero-order valence-corrected chi connectivity index (χ0v) is 17.9. The number of rotatable bonds is 4. The molecule has 1 N–H and O–H groups in total. The summed E-state index contributed by atoms with van der Waals surface area (Å²) in [4.78, 5) is 12.8. The van der Waals surface area contributed by atoms with Gasteiger partial charge >= 0.3 is 0 Å². The summed E-state index contributed by atoms with van der Waals surface area (Å²) in [5.41, 5.74) is 1.63. The van der Waals surface area contributed by atoms with Gasteiger partial charge in [0.15, 0.2) is 0 Å². The molecule has 7 nitrogen and oxygen atoms in total. The molecular formula is C18H17BrN4O3S2. The largest absolute Gasteiger partial charge is 0.326 e. The summed E-state index contributed by atoms with van der Waals surface area (Å²) in [6.45, 7) is 0.539. The third-order valence-electron chi connectivity index (χ3n) is 4.73. The predicted molar refractivity (Wildman–Crippen MR) is 112 cm³/mol. The van der Waals surface area contributed by atoms with Gasteiger partial charge in [-0.05, 0) is 49.2 Å². The molecule has 1 aliphatic heterocycles. The maximum Gasteiger partial charge on any atom is 0.245 e. The minimum absolute atomic E-state index is 0.146. The van der Waals surface area contributed by atoms with E-state index in [1.54, 1.807) is 30.3 Å². The summed E-state index contributed by atoms with van der Waals surface area (Å²) in [7, 11) is -3.75. The van der Waals surface area contributed by atoms with Gasteiger partial charge in [-0.3, -0.25) is 4.79 Å². The van der Waals surface area contributed by atoms with Crippen LogP contribution < -0.4 is 5.32 Å². The lowest BCUT2D eigenvalue weighted by Crippen LogP contribution is -2.43. The topological polar surface area (TPSA) is 92.3 Å². The van der Waals surface area contributed by atoms with E-state index in [4.69, 9.17) is 0 Å². The summed E-state index contributed by atoms with van der Waals surface area (Å²) >= 11 is 4.35. The number of benzene rings is 2. The first-order valence-electron chi connectivity index (χ1n) is 8.73. The molecule has 28 heavy (non-hydrogen) atoms. The zero-order valence-electron chi connectivity index (χ0n) is 14.7. The van der Waals surface area contributed by atoms with Crippen LogP contribution in [0.5, 0.6) is 0 Å². The van der Waals surface area contributed by atoms with E-state index >= 15 is 0 Å². The highest BCUT2D eigenvalue weighted by atomic mass is 79.9. The van der Waals surface area contributed by atoms with Crippen molar-refractivity contribution in [2.75, 3.05) is 18.4 Å². The molecule has 0 saturated carbocycles. The van der Waals surface area contributed by atoms with Gasteiger partial charge in [0, 0.05) is 23.2 Å². The van der Waals surface area contributed by atoms with Crippen LogP contribution in [0.15, 0.2) is 51.8 Å². The number of hydrogen-bond donors (Lipinski definition) is 1. The molecule has 4 rings (SSSR count). The van der Waals surface area contributed by atoms with Gasteiger partial charge in [0.2, 0.25) is 15.9 Å². The van der Waals surface area contributed by atoms with Crippen LogP contribution in [-0.4, -0.2) is 40.5 Å². The average molecular weight is 481 g/mol. The molecule has 0 aliphatic carbocycles. The number of nitrogens with one attached hydrogen (secondary N) is 1. The molecule has 2 aromatic carbocycles. The van der Waals surface area contributed by atoms with Crippen LogP contribution in [0.25, 0.3) is 11.0 Å². The van der Waals surface area contributed by atoms with Crippen molar-refractivity contribution in [3.05, 3.63) is 46.9 Å². The van der Waals surface area contributed by atoms with Crippen molar-refractivity contribution in [2.45, 2.75) is 17.7 Å². The molecule has 1 aromatic heterocycles. The number of aromatic nitrogens is 2. The fourth-order valence-corrected chi connectivity index (χ4v) is 5.82. The number of anilines is 1. The van der Waals surface area contributed by atoms with Crippen LogP contribution in [0.4, 0.5) is 5.69 Å². The Kier molecular flexibility index (Phi) is 5.46. The molecule has 10 heteroatoms. The van der Waals surface area contributed by atoms with Crippen molar-refractivity contribution in [2.24, 2.45) is 5.92 Å². The summed E-state index contributed by atoms with van der Waals surface area (Å²) < 4.78 is 36.9. The van der Waals surface area contributed by atoms with Crippen LogP contribution >= 0.6 is 27.7 Å². The average Bonchev–Trinajstić information content (AvgIpc) is 3.18. The molecule has 1 atom stereocenters. The Balaban J connectivity index is 1.53. The van der Waals surface area contributed by atoms with Gasteiger partial charge in [-0.15, -0.1) is 0 Å². The van der Waals surface area contributed by atoms with E-state index in [-0.39, 0.29) is 17.3 Å². The first-order valence-corrected chi connectivity index (χ1v) is 11.7. The smallest absolute Gasteiger partial charge is 0.245 e. The lowest BCUT2D eigenvalue weighted by atomic mass is 9.99. The van der Waals surface area contributed by atoms with Gasteiger partial charge in [-0.25, -0.2) is 8.42 Å². The van der Waals surface area contributed by atoms with Crippen LogP contribution in [0.2, 0.25) is 0 Å². The number of halogens is 1. The Bertz CT molecular complexity index is 1120. The minimum atomic E-state index is -3.75. The molecule has 0 bridgehead atoms. The lowest BCUT2D eigenvalue weighted by molar-refractivity contribution is -0.120. The Labute approximate surface area is 175 Å². The van der Waals surface area contributed by atoms with Crippen LogP contribution in [0.1, 0.15) is 12.8 Å². The standard InChI is InChI=1S/C18H17BrN4O3S2/c19-13-6-8-14(9-7-13)20-18(24)12-3-2-10-23(11-12)28(25,26)16-5-1-4-15-17(16)22-27-21-15/h1,4-9,12H,2-3,10-11H2,(H,20,24)/t12-/m1/s1. The molecule has 1 fully saturated rings. The van der Waals surface area contributed by atoms with Crippen molar-refractivity contribution >= 4 is 60.3 Å². The summed E-state index contributed by atoms with van der Waals surface area (Å²) in [5, 5.41) is 2.87. The van der Waals surface area contributed by atoms with E-state index in [9.17, 15) is 13.2 Å². The van der Waals surface area contributed by atoms with Crippen molar-refractivity contribution < 1.29 is 13.2 Å². The van der Waals surface area contributed by atoms with Gasteiger partial charge in [0.05, 0.1) is 17.6 Å². The summed E-state index contributed by atoms with van der Waals surface area (Å²) in [5.74, 6) is -0.573. The highest BCUT2D eigenvalue weighted by Gasteiger charge is 2.34. The number of carbonyl (C=O) groups excluding carboxylic acids is 1. The Morgan fingerprint density at radius 2 is 1.96 bits per heavy atom. The van der Waals surface area contributed by atoms with Crippen molar-refractivity contribution in [3.8, 4) is 0 Å². The highest BCUT2D eigenvalue weighted by Crippen LogP contribution is 2.28. The third kappa shape index (κ3) is 3.82. The van der Waals surface area contributed by atoms with E-state index in [0.29, 0.717) is 36.1 Å². The summed E-state index contributed by atoms with van der Waals surface area (Å²) in [6, 6.07) is 12.2. The Morgan fingerprint density at radius 1 is 1.18 bits per heavy atom. The monoisotopic (exact) mass is 480 g/mol. The van der Waals surface area contributed by atoms with Gasteiger partial charge < -0.3 is 5.32 Å². The number of piperidine rings is 1. The second-order valence-electron chi connectivity index (χ2n) is 6.59. The molecule has 146 valence electrons. The van der Waals surface area contributed by atoms with E-state index < -0.39 is 15.9 Å². The molecule has 2 heterocycles. The first kappa shape index (κ1) is 19.4. The van der Waals surface area contributed by atoms with Gasteiger partial charge in [-0.1, -0.05) is 22.0 Å². The van der Waals surface area contributed by atoms with Crippen LogP contribution in [-0.2, 0) is 14.8 Å². The fraction of sp³-hybridized carbons (Fsp3) is 0.278. The minimum Gasteiger partial charge on any atom is -0.326 e. The van der Waals surface area contributed by atoms with Crippen molar-refractivity contribution in [1.29, 1.82) is 0 Å². The molecule has 1 saturated heterocycles. The van der Waals surface area contributed by atoms with Gasteiger partial charge in [-0.2, -0.15) is 13.1 Å². The molecule has 1 amide bonds. The normalized spacial score (nSPS) is 18.2. The number of fused-ring (bicyclic) bond motifs is 1. The zero-order chi connectivity index (χ0) is 19.7. The SMILES string of the molecule is O=C(Nc1ccc(Br)cc1)[C@@H]1CCCN(S(=O)(=O)c2cccc3nsnc23)C1. The molecule has 1 aliphatic rings. The fourth-order valence-electron chi connectivity index (χ4n) is 3.28. The second-order valence-corrected chi connectivity index (χ2v) is 9.94. The van der Waals surface area contributed by atoms with Crippen LogP contribution in [0, 0.1) is 5.92 Å². The number of nitrogens with zero attached hydrogens (tertiary/aromatic N) is 3. The molecule has 3 aromatic rings. The van der Waals surface area contributed by atoms with Crippen molar-refractivity contribution in [3.63, 3.8) is 0 Å². The van der Waals surface area contributed by atoms with E-state index in [2.05, 4.69) is 30.0 Å². The number of sulfonamides is 1. The third-order valence-corrected chi connectivity index (χ3v) is 7.70. The van der Waals surface area contributed by atoms with Crippen LogP contribution in [0.3, 0.4) is 0 Å². The van der Waals surface area contributed by atoms with E-state index in [1.807, 2.05) is 12.1 Å². The Hall–Kier alpha value is -1.88. The maximum absolute atomic E-state index is 13.2. The van der Waals surface area contributed by atoms with Gasteiger partial charge in [0.25, 0.3) is 0 Å². The highest BCUT2D eigenvalue weighted by molar-refractivity contribution is 9.10. The quantitative estimate of drug-likeness (QED) is 0.616. The number of amides is 1. The Morgan fingerprint density at radius 3 is 2.75 bits per heavy atom. The number of hydrogen-bond acceptors (Lipinski definition) is 6. The molecule has 0 spiro atoms. The molecule has 0 radical (unpaired) electrons. The number of carbonyl (C=O) groups is 1. The van der Waals surface area contributed by atoms with Crippen molar-refractivity contribution in [1.82, 2.24) is 13.1 Å². The molecular weight excluding hydrogens is 464 g/mol. The van der Waals surface area contributed by atoms with Gasteiger partial charge in [0.1, 0.15) is 15.9 Å². The van der Waals surface area contributed by atoms with E-state index in [1.165, 1.54) is 4.31 Å².